The third kappa shape index (κ3) is 20.8. The molecule has 4 aliphatic rings. The number of carbonyl (C=O) groups excluding carboxylic acids is 11. The molecule has 20 atom stereocenters. The van der Waals surface area contributed by atoms with Gasteiger partial charge in [-0.1, -0.05) is 127 Å². The lowest BCUT2D eigenvalue weighted by atomic mass is 9.93. The van der Waals surface area contributed by atoms with Crippen LogP contribution in [0.15, 0.2) is 212 Å². The SMILES string of the molecule is CC(=O)N[C@H]1[C@@H](O[C@@H]2[C@@H](OC(=O)c3ccccc3)[C@H](C)O[C@@H](O[C@@H]3[C@@H](OC(=O)c4ccccc4)[C@H](C)O[C@@H](O)[C@@H]3OC(=O)c3ccccc3)[C@@H]2OC(=O)c2ccccc2)O[C@H](COC(C)=O)[C@@H](OC(C)=O)[C@@H]1O[C@H]1O[C@H](COC(=O)c2ccccc2)[C@H](OC(=O)c2ccccc2)[C@H](OC(=O)c2ccccc2)[C@H]1OC(=O)CCl. The lowest BCUT2D eigenvalue weighted by Gasteiger charge is -2.51. The van der Waals surface area contributed by atoms with Gasteiger partial charge in [-0.2, -0.15) is 0 Å². The minimum absolute atomic E-state index is 0.0177. The molecule has 0 bridgehead atoms. The molecule has 4 aliphatic heterocycles. The van der Waals surface area contributed by atoms with Crippen molar-refractivity contribution in [2.75, 3.05) is 19.1 Å². The van der Waals surface area contributed by atoms with Crippen LogP contribution in [0, 0.1) is 0 Å². The first-order valence-electron chi connectivity index (χ1n) is 35.4. The van der Waals surface area contributed by atoms with E-state index in [0.717, 1.165) is 20.8 Å². The van der Waals surface area contributed by atoms with E-state index in [-0.39, 0.29) is 38.9 Å². The van der Waals surface area contributed by atoms with Gasteiger partial charge in [-0.3, -0.25) is 19.2 Å². The molecule has 30 nitrogen and oxygen atoms in total. The molecule has 4 saturated heterocycles. The smallest absolute Gasteiger partial charge is 0.338 e. The molecule has 0 saturated carbocycles. The van der Waals surface area contributed by atoms with E-state index in [1.807, 2.05) is 0 Å². The van der Waals surface area contributed by atoms with Crippen LogP contribution in [0.2, 0.25) is 0 Å². The van der Waals surface area contributed by atoms with Gasteiger partial charge in [-0.25, -0.2) is 33.6 Å². The zero-order valence-electron chi connectivity index (χ0n) is 60.6. The fourth-order valence-electron chi connectivity index (χ4n) is 12.8. The summed E-state index contributed by atoms with van der Waals surface area (Å²) in [5.41, 5.74) is -0.262. The van der Waals surface area contributed by atoms with Gasteiger partial charge in [0.05, 0.1) is 51.2 Å². The van der Waals surface area contributed by atoms with E-state index in [0.29, 0.717) is 0 Å². The second-order valence-corrected chi connectivity index (χ2v) is 26.2. The zero-order chi connectivity index (χ0) is 79.5. The monoisotopic (exact) mass is 1560 g/mol. The molecule has 1 amide bonds. The predicted molar refractivity (Wildman–Crippen MR) is 384 cm³/mol. The van der Waals surface area contributed by atoms with Gasteiger partial charge < -0.3 is 90.9 Å². The number of rotatable bonds is 27. The second-order valence-electron chi connectivity index (χ2n) is 25.9. The van der Waals surface area contributed by atoms with Crippen molar-refractivity contribution < 1.29 is 138 Å². The van der Waals surface area contributed by atoms with E-state index in [9.17, 15) is 53.1 Å². The standard InChI is InChI=1S/C81H78ClNO29/c1-44-60(104-72(89)50-29-15-7-16-30-50)65(68(78(95)98-44)108-76(93)54-37-23-11-24-38-54)112-80-70(109-77(94)55-39-25-12-26-40-55)66(61(45(2)99-80)105-73(90)51-31-17-8-18-32-51)111-79-59(83-46(3)84)64(62(100-48(5)86)56(101-79)42-96-47(4)85)110-81-69(103-58(87)41-82)67(107-75(92)53-35-21-10-22-36-53)63(106-74(91)52-33-19-9-20-34-52)57(102-81)43-97-71(88)49-27-13-6-14-28-49/h6-40,44-45,56-57,59-70,78-81,95H,41-43H2,1-5H3,(H,83,84)/t44-,45-,56+,57+,59+,60-,61-,62+,63-,64+,65+,66+,67-,68+,69+,70+,78+,79+,80-,81+/m0/s1. The van der Waals surface area contributed by atoms with Gasteiger partial charge in [0.1, 0.15) is 55.7 Å². The van der Waals surface area contributed by atoms with Crippen molar-refractivity contribution in [3.05, 3.63) is 251 Å². The number of carbonyl (C=O) groups is 11. The Morgan fingerprint density at radius 2 is 0.643 bits per heavy atom. The molecule has 0 aromatic heterocycles. The maximum atomic E-state index is 15.1. The van der Waals surface area contributed by atoms with Crippen molar-refractivity contribution in [1.82, 2.24) is 5.32 Å². The fraction of sp³-hybridized carbons (Fsp3) is 0.346. The van der Waals surface area contributed by atoms with Crippen LogP contribution in [0.4, 0.5) is 0 Å². The summed E-state index contributed by atoms with van der Waals surface area (Å²) in [6.07, 6.45) is -37.2. The van der Waals surface area contributed by atoms with Crippen molar-refractivity contribution in [3.8, 4) is 0 Å². The van der Waals surface area contributed by atoms with Gasteiger partial charge in [0.15, 0.2) is 74.0 Å². The third-order valence-electron chi connectivity index (χ3n) is 18.0. The van der Waals surface area contributed by atoms with Crippen LogP contribution in [0.5, 0.6) is 0 Å². The quantitative estimate of drug-likeness (QED) is 0.0287. The summed E-state index contributed by atoms with van der Waals surface area (Å²) in [4.78, 5) is 157. The summed E-state index contributed by atoms with van der Waals surface area (Å²) in [5.74, 6) is -12.4. The summed E-state index contributed by atoms with van der Waals surface area (Å²) in [7, 11) is 0. The molecule has 0 aliphatic carbocycles. The van der Waals surface area contributed by atoms with Gasteiger partial charge in [0, 0.05) is 20.8 Å². The van der Waals surface area contributed by atoms with Crippen LogP contribution in [0.25, 0.3) is 0 Å². The Bertz CT molecular complexity index is 4320. The lowest BCUT2D eigenvalue weighted by molar-refractivity contribution is -0.374. The maximum absolute atomic E-state index is 15.1. The highest BCUT2D eigenvalue weighted by atomic mass is 35.5. The van der Waals surface area contributed by atoms with Crippen molar-refractivity contribution in [2.45, 2.75) is 157 Å². The first-order chi connectivity index (χ1) is 54.0. The first-order valence-corrected chi connectivity index (χ1v) is 35.9. The van der Waals surface area contributed by atoms with Crippen molar-refractivity contribution in [2.24, 2.45) is 0 Å². The topological polar surface area (TPSA) is 377 Å². The number of halogens is 1. The summed E-state index contributed by atoms with van der Waals surface area (Å²) in [5, 5.41) is 14.7. The number of aliphatic hydroxyl groups is 1. The number of amides is 1. The van der Waals surface area contributed by atoms with Gasteiger partial charge >= 0.3 is 59.7 Å². The second kappa shape index (κ2) is 38.5. The van der Waals surface area contributed by atoms with Gasteiger partial charge in [0.25, 0.3) is 0 Å². The molecule has 31 heteroatoms. The highest BCUT2D eigenvalue weighted by molar-refractivity contribution is 6.26. The summed E-state index contributed by atoms with van der Waals surface area (Å²) in [6, 6.07) is 50.5. The Labute approximate surface area is 645 Å². The third-order valence-corrected chi connectivity index (χ3v) is 18.2. The summed E-state index contributed by atoms with van der Waals surface area (Å²) < 4.78 is 108. The molecule has 0 unspecified atom stereocenters. The fourth-order valence-corrected chi connectivity index (χ4v) is 12.8. The Morgan fingerprint density at radius 1 is 0.330 bits per heavy atom. The number of aliphatic hydroxyl groups excluding tert-OH is 1. The molecule has 7 aromatic rings. The van der Waals surface area contributed by atoms with Gasteiger partial charge in [-0.05, 0) is 98.8 Å². The first kappa shape index (κ1) is 81.7. The average Bonchev–Trinajstić information content (AvgIpc) is 0.756. The number of alkyl halides is 1. The molecule has 7 aromatic carbocycles. The van der Waals surface area contributed by atoms with Crippen LogP contribution in [0.1, 0.15) is 107 Å². The average molecular weight is 1560 g/mol. The molecular formula is C81H78ClNO29. The van der Waals surface area contributed by atoms with Crippen molar-refractivity contribution in [1.29, 1.82) is 0 Å². The Morgan fingerprint density at radius 3 is 1.04 bits per heavy atom. The number of esters is 10. The van der Waals surface area contributed by atoms with E-state index < -0.39 is 207 Å². The van der Waals surface area contributed by atoms with E-state index in [4.69, 9.17) is 92.1 Å². The Kier molecular flexibility index (Phi) is 28.1. The largest absolute Gasteiger partial charge is 0.463 e. The molecule has 588 valence electrons. The molecular weight excluding hydrogens is 1490 g/mol. The summed E-state index contributed by atoms with van der Waals surface area (Å²) >= 11 is 6.21. The molecule has 2 N–H and O–H groups in total. The van der Waals surface area contributed by atoms with Crippen molar-refractivity contribution >= 4 is 77.2 Å². The highest BCUT2D eigenvalue weighted by Gasteiger charge is 2.61. The van der Waals surface area contributed by atoms with Crippen LogP contribution in [-0.2, 0) is 99.7 Å². The molecule has 0 spiro atoms. The normalized spacial score (nSPS) is 27.3. The van der Waals surface area contributed by atoms with E-state index in [2.05, 4.69) is 5.32 Å². The minimum Gasteiger partial charge on any atom is -0.463 e. The molecule has 11 rings (SSSR count). The molecule has 4 fully saturated rings. The summed E-state index contributed by atoms with van der Waals surface area (Å²) in [6.45, 7) is 4.06. The van der Waals surface area contributed by atoms with E-state index in [1.54, 1.807) is 78.9 Å². The number of hydrogen-bond donors (Lipinski definition) is 2. The maximum Gasteiger partial charge on any atom is 0.338 e. The van der Waals surface area contributed by atoms with E-state index >= 15 is 4.79 Å². The van der Waals surface area contributed by atoms with Gasteiger partial charge in [0.2, 0.25) is 5.91 Å². The van der Waals surface area contributed by atoms with Crippen LogP contribution in [-0.4, -0.2) is 213 Å². The Hall–Kier alpha value is -11.3. The van der Waals surface area contributed by atoms with Crippen LogP contribution in [0.3, 0.4) is 0 Å². The molecule has 4 heterocycles. The highest BCUT2D eigenvalue weighted by Crippen LogP contribution is 2.41. The number of ether oxygens (including phenoxy) is 17. The minimum atomic E-state index is -2.29. The molecule has 112 heavy (non-hydrogen) atoms. The lowest BCUT2D eigenvalue weighted by Crippen LogP contribution is -2.71. The number of benzene rings is 7. The number of nitrogens with one attached hydrogen (secondary N) is 1. The predicted octanol–water partition coefficient (Wildman–Crippen LogP) is 7.43. The van der Waals surface area contributed by atoms with E-state index in [1.165, 1.54) is 147 Å². The van der Waals surface area contributed by atoms with Crippen LogP contribution < -0.4 is 5.32 Å². The zero-order valence-corrected chi connectivity index (χ0v) is 61.4. The van der Waals surface area contributed by atoms with Gasteiger partial charge in [-0.15, -0.1) is 11.6 Å². The number of hydrogen-bond acceptors (Lipinski definition) is 29. The van der Waals surface area contributed by atoms with Crippen molar-refractivity contribution in [3.63, 3.8) is 0 Å². The Balaban J connectivity index is 1.07. The van der Waals surface area contributed by atoms with Crippen LogP contribution >= 0.6 is 11.6 Å². The molecule has 0 radical (unpaired) electrons.